The maximum absolute atomic E-state index is 12.9. The van der Waals surface area contributed by atoms with Crippen molar-refractivity contribution in [2.24, 2.45) is 0 Å². The van der Waals surface area contributed by atoms with Crippen LogP contribution in [-0.4, -0.2) is 104 Å². The van der Waals surface area contributed by atoms with Gasteiger partial charge in [0.15, 0.2) is 0 Å². The van der Waals surface area contributed by atoms with Crippen LogP contribution in [0.5, 0.6) is 6.01 Å². The van der Waals surface area contributed by atoms with E-state index in [9.17, 15) is 4.79 Å². The van der Waals surface area contributed by atoms with Crippen LogP contribution in [0.3, 0.4) is 0 Å². The molecule has 10 heteroatoms. The molecule has 2 fully saturated rings. The fraction of sp³-hybridized carbons (Fsp3) is 0.800. The van der Waals surface area contributed by atoms with Crippen molar-refractivity contribution in [3.05, 3.63) is 11.3 Å². The Kier molecular flexibility index (Phi) is 8.34. The quantitative estimate of drug-likeness (QED) is 0.616. The molecule has 2 atom stereocenters. The second-order valence-corrected chi connectivity index (χ2v) is 10.8. The van der Waals surface area contributed by atoms with Gasteiger partial charge in [0, 0.05) is 51.5 Å². The first-order valence-electron chi connectivity index (χ1n) is 12.9. The van der Waals surface area contributed by atoms with Crippen LogP contribution in [0.1, 0.15) is 51.3 Å². The normalized spacial score (nSPS) is 23.3. The van der Waals surface area contributed by atoms with Gasteiger partial charge < -0.3 is 34.2 Å². The van der Waals surface area contributed by atoms with Gasteiger partial charge in [-0.1, -0.05) is 0 Å². The highest BCUT2D eigenvalue weighted by atomic mass is 16.6. The minimum absolute atomic E-state index is 0.0256. The number of ether oxygens (including phenoxy) is 3. The van der Waals surface area contributed by atoms with E-state index in [-0.39, 0.29) is 12.1 Å². The third-order valence-electron chi connectivity index (χ3n) is 7.04. The van der Waals surface area contributed by atoms with Crippen LogP contribution < -0.4 is 15.0 Å². The van der Waals surface area contributed by atoms with Crippen LogP contribution in [0.4, 0.5) is 10.6 Å². The van der Waals surface area contributed by atoms with Crippen molar-refractivity contribution in [3.8, 4) is 6.01 Å². The number of hydrogen-bond donors (Lipinski definition) is 1. The van der Waals surface area contributed by atoms with Crippen molar-refractivity contribution in [3.63, 3.8) is 0 Å². The number of hydrogen-bond acceptors (Lipinski definition) is 9. The minimum atomic E-state index is -0.529. The van der Waals surface area contributed by atoms with Crippen LogP contribution in [0.25, 0.3) is 0 Å². The standard InChI is InChI=1S/C25H42N6O4/c1-25(2,3)35-24(32)31-13-12-30(16-18(31)9-14-33-5)22-20-8-10-26-15-21(20)27-23(28-22)34-17-19-7-6-11-29(19)4/h18-19,26H,6-17H2,1-5H3/t18-,19-/m0/s1. The molecular weight excluding hydrogens is 448 g/mol. The summed E-state index contributed by atoms with van der Waals surface area (Å²) in [6.45, 7) is 11.5. The first kappa shape index (κ1) is 25.9. The minimum Gasteiger partial charge on any atom is -0.462 e. The molecular formula is C25H42N6O4. The third kappa shape index (κ3) is 6.54. The Bertz CT molecular complexity index is 876. The Morgan fingerprint density at radius 1 is 1.17 bits per heavy atom. The molecule has 3 aliphatic rings. The van der Waals surface area contributed by atoms with Crippen LogP contribution in [0, 0.1) is 0 Å². The number of likely N-dealkylation sites (N-methyl/N-ethyl adjacent to an activating group) is 1. The Balaban J connectivity index is 1.53. The molecule has 1 aromatic rings. The predicted molar refractivity (Wildman–Crippen MR) is 134 cm³/mol. The van der Waals surface area contributed by atoms with E-state index in [1.165, 1.54) is 12.0 Å². The number of carbonyl (C=O) groups is 1. The molecule has 3 aliphatic heterocycles. The van der Waals surface area contributed by atoms with Crippen LogP contribution in [0.15, 0.2) is 0 Å². The summed E-state index contributed by atoms with van der Waals surface area (Å²) in [5.74, 6) is 0.942. The lowest BCUT2D eigenvalue weighted by molar-refractivity contribution is 0.0105. The van der Waals surface area contributed by atoms with E-state index in [1.807, 2.05) is 25.7 Å². The Hall–Kier alpha value is -2.17. The molecule has 4 rings (SSSR count). The monoisotopic (exact) mass is 490 g/mol. The van der Waals surface area contributed by atoms with Crippen molar-refractivity contribution in [1.82, 2.24) is 25.1 Å². The van der Waals surface area contributed by atoms with Crippen LogP contribution in [-0.2, 0) is 22.4 Å². The molecule has 0 unspecified atom stereocenters. The van der Waals surface area contributed by atoms with Crippen molar-refractivity contribution in [2.45, 2.75) is 70.7 Å². The summed E-state index contributed by atoms with van der Waals surface area (Å²) in [5.41, 5.74) is 1.67. The van der Waals surface area contributed by atoms with E-state index in [2.05, 4.69) is 22.2 Å². The van der Waals surface area contributed by atoms with Gasteiger partial charge >= 0.3 is 12.1 Å². The number of likely N-dealkylation sites (tertiary alicyclic amines) is 1. The highest BCUT2D eigenvalue weighted by molar-refractivity contribution is 5.69. The molecule has 1 aromatic heterocycles. The number of rotatable bonds is 7. The molecule has 35 heavy (non-hydrogen) atoms. The number of nitrogens with zero attached hydrogens (tertiary/aromatic N) is 5. The Morgan fingerprint density at radius 2 is 2.00 bits per heavy atom. The van der Waals surface area contributed by atoms with Crippen molar-refractivity contribution >= 4 is 11.9 Å². The maximum Gasteiger partial charge on any atom is 0.410 e. The summed E-state index contributed by atoms with van der Waals surface area (Å²) in [5, 5.41) is 3.42. The molecule has 0 spiro atoms. The summed E-state index contributed by atoms with van der Waals surface area (Å²) in [6.07, 6.45) is 3.69. The molecule has 0 aliphatic carbocycles. The number of piperazine rings is 1. The van der Waals surface area contributed by atoms with Gasteiger partial charge in [0.25, 0.3) is 0 Å². The number of amides is 1. The lowest BCUT2D eigenvalue weighted by atomic mass is 10.0. The molecule has 10 nitrogen and oxygen atoms in total. The zero-order chi connectivity index (χ0) is 25.0. The van der Waals surface area contributed by atoms with E-state index >= 15 is 0 Å². The summed E-state index contributed by atoms with van der Waals surface area (Å²) in [7, 11) is 3.84. The number of carbonyl (C=O) groups excluding carboxylic acids is 1. The maximum atomic E-state index is 12.9. The van der Waals surface area contributed by atoms with Gasteiger partial charge in [-0.2, -0.15) is 9.97 Å². The van der Waals surface area contributed by atoms with E-state index in [1.54, 1.807) is 7.11 Å². The summed E-state index contributed by atoms with van der Waals surface area (Å²) in [6, 6.07) is 0.833. The van der Waals surface area contributed by atoms with Gasteiger partial charge in [-0.3, -0.25) is 0 Å². The van der Waals surface area contributed by atoms with Gasteiger partial charge in [-0.05, 0) is 66.6 Å². The molecule has 1 amide bonds. The molecule has 0 radical (unpaired) electrons. The molecule has 1 N–H and O–H groups in total. The van der Waals surface area contributed by atoms with Gasteiger partial charge in [-0.25, -0.2) is 4.79 Å². The highest BCUT2D eigenvalue weighted by Gasteiger charge is 2.35. The van der Waals surface area contributed by atoms with Crippen LogP contribution in [0.2, 0.25) is 0 Å². The summed E-state index contributed by atoms with van der Waals surface area (Å²) < 4.78 is 17.2. The number of aromatic nitrogens is 2. The molecule has 0 saturated carbocycles. The lowest BCUT2D eigenvalue weighted by Crippen LogP contribution is -2.57. The highest BCUT2D eigenvalue weighted by Crippen LogP contribution is 2.29. The SMILES string of the molecule is COCC[C@H]1CN(c2nc(OC[C@@H]3CCCN3C)nc3c2CCNC3)CCN1C(=O)OC(C)(C)C. The average Bonchev–Trinajstić information content (AvgIpc) is 3.24. The second kappa shape index (κ2) is 11.3. The van der Waals surface area contributed by atoms with Gasteiger partial charge in [0.05, 0.1) is 11.7 Å². The summed E-state index contributed by atoms with van der Waals surface area (Å²) >= 11 is 0. The first-order valence-corrected chi connectivity index (χ1v) is 12.9. The number of nitrogens with one attached hydrogen (secondary N) is 1. The number of methoxy groups -OCH3 is 1. The molecule has 2 saturated heterocycles. The fourth-order valence-corrected chi connectivity index (χ4v) is 5.11. The zero-order valence-electron chi connectivity index (χ0n) is 22.0. The topological polar surface area (TPSA) is 92.3 Å². The van der Waals surface area contributed by atoms with Crippen molar-refractivity contribution < 1.29 is 19.0 Å². The Morgan fingerprint density at radius 3 is 2.71 bits per heavy atom. The van der Waals surface area contributed by atoms with Crippen LogP contribution >= 0.6 is 0 Å². The van der Waals surface area contributed by atoms with E-state index < -0.39 is 5.60 Å². The fourth-order valence-electron chi connectivity index (χ4n) is 5.11. The Labute approximate surface area is 209 Å². The average molecular weight is 491 g/mol. The number of fused-ring (bicyclic) bond motifs is 1. The predicted octanol–water partition coefficient (Wildman–Crippen LogP) is 2.06. The lowest BCUT2D eigenvalue weighted by Gasteiger charge is -2.43. The van der Waals surface area contributed by atoms with Crippen molar-refractivity contribution in [1.29, 1.82) is 0 Å². The van der Waals surface area contributed by atoms with E-state index in [0.29, 0.717) is 44.9 Å². The van der Waals surface area contributed by atoms with E-state index in [4.69, 9.17) is 24.2 Å². The van der Waals surface area contributed by atoms with Gasteiger partial charge in [0.2, 0.25) is 0 Å². The third-order valence-corrected chi connectivity index (χ3v) is 7.04. The number of anilines is 1. The molecule has 0 aromatic carbocycles. The smallest absolute Gasteiger partial charge is 0.410 e. The largest absolute Gasteiger partial charge is 0.462 e. The van der Waals surface area contributed by atoms with E-state index in [0.717, 1.165) is 50.4 Å². The van der Waals surface area contributed by atoms with Crippen molar-refractivity contribution in [2.75, 3.05) is 65.0 Å². The van der Waals surface area contributed by atoms with Gasteiger partial charge in [0.1, 0.15) is 18.0 Å². The first-order chi connectivity index (χ1) is 16.7. The molecule has 196 valence electrons. The zero-order valence-corrected chi connectivity index (χ0v) is 22.0. The van der Waals surface area contributed by atoms with Gasteiger partial charge in [-0.15, -0.1) is 0 Å². The molecule has 0 bridgehead atoms. The second-order valence-electron chi connectivity index (χ2n) is 10.8. The molecule has 4 heterocycles. The summed E-state index contributed by atoms with van der Waals surface area (Å²) in [4.78, 5) is 29.1.